The lowest BCUT2D eigenvalue weighted by molar-refractivity contribution is -0.148. The molecule has 0 bridgehead atoms. The maximum atomic E-state index is 12.1. The molecule has 1 amide bonds. The van der Waals surface area contributed by atoms with Gasteiger partial charge in [-0.1, -0.05) is 18.7 Å². The predicted octanol–water partition coefficient (Wildman–Crippen LogP) is 2.74. The molecule has 1 aromatic carbocycles. The van der Waals surface area contributed by atoms with E-state index in [9.17, 15) is 9.59 Å². The van der Waals surface area contributed by atoms with Crippen molar-refractivity contribution in [2.24, 2.45) is 0 Å². The summed E-state index contributed by atoms with van der Waals surface area (Å²) >= 11 is 0. The number of para-hydroxylation sites is 2. The zero-order chi connectivity index (χ0) is 17.9. The zero-order valence-electron chi connectivity index (χ0n) is 14.5. The second-order valence-corrected chi connectivity index (χ2v) is 6.06. The third-order valence-electron chi connectivity index (χ3n) is 3.46. The highest BCUT2D eigenvalue weighted by Gasteiger charge is 2.20. The van der Waals surface area contributed by atoms with Crippen LogP contribution in [0.5, 0.6) is 0 Å². The van der Waals surface area contributed by atoms with Crippen LogP contribution in [0.1, 0.15) is 39.6 Å². The highest BCUT2D eigenvalue weighted by molar-refractivity contribution is 5.92. The Balaban J connectivity index is 2.37. The topological polar surface area (TPSA) is 73.2 Å². The summed E-state index contributed by atoms with van der Waals surface area (Å²) in [5, 5.41) is 2.84. The van der Waals surface area contributed by atoms with Gasteiger partial charge in [-0.15, -0.1) is 0 Å². The quantitative estimate of drug-likeness (QED) is 0.653. The van der Waals surface area contributed by atoms with Crippen molar-refractivity contribution in [3.63, 3.8) is 0 Å². The molecule has 0 radical (unpaired) electrons. The van der Waals surface area contributed by atoms with Gasteiger partial charge >= 0.3 is 5.97 Å². The summed E-state index contributed by atoms with van der Waals surface area (Å²) in [5.41, 5.74) is 2.01. The fourth-order valence-electron chi connectivity index (χ4n) is 2.40. The van der Waals surface area contributed by atoms with Crippen LogP contribution in [0.25, 0.3) is 11.0 Å². The Labute approximate surface area is 141 Å². The number of nitrogens with zero attached hydrogens (tertiary/aromatic N) is 2. The summed E-state index contributed by atoms with van der Waals surface area (Å²) in [7, 11) is 0. The molecule has 1 aromatic heterocycles. The van der Waals surface area contributed by atoms with Crippen molar-refractivity contribution in [1.29, 1.82) is 0 Å². The average molecular weight is 329 g/mol. The van der Waals surface area contributed by atoms with E-state index < -0.39 is 0 Å². The minimum Gasteiger partial charge on any atom is -0.462 e. The normalized spacial score (nSPS) is 12.2. The van der Waals surface area contributed by atoms with E-state index in [4.69, 9.17) is 4.74 Å². The number of hydrogen-bond acceptors (Lipinski definition) is 4. The first-order valence-electron chi connectivity index (χ1n) is 7.90. The summed E-state index contributed by atoms with van der Waals surface area (Å²) in [6.07, 6.45) is -0.184. The molecule has 0 aliphatic rings. The van der Waals surface area contributed by atoms with E-state index in [2.05, 4.69) is 16.9 Å². The van der Waals surface area contributed by atoms with Crippen molar-refractivity contribution in [3.05, 3.63) is 42.2 Å². The van der Waals surface area contributed by atoms with Crippen LogP contribution in [-0.4, -0.2) is 27.5 Å². The van der Waals surface area contributed by atoms with E-state index in [1.165, 1.54) is 0 Å². The number of hydrogen-bond donors (Lipinski definition) is 1. The van der Waals surface area contributed by atoms with Gasteiger partial charge in [0.1, 0.15) is 12.4 Å². The maximum Gasteiger partial charge on any atom is 0.326 e. The van der Waals surface area contributed by atoms with Crippen LogP contribution in [0.4, 0.5) is 0 Å². The van der Waals surface area contributed by atoms with Gasteiger partial charge in [-0.05, 0) is 39.8 Å². The Morgan fingerprint density at radius 3 is 2.58 bits per heavy atom. The third kappa shape index (κ3) is 4.01. The molecular weight excluding hydrogens is 306 g/mol. The van der Waals surface area contributed by atoms with Crippen molar-refractivity contribution in [1.82, 2.24) is 14.9 Å². The van der Waals surface area contributed by atoms with Crippen molar-refractivity contribution in [3.8, 4) is 0 Å². The molecule has 0 saturated heterocycles. The molecule has 0 aliphatic carbocycles. The van der Waals surface area contributed by atoms with Crippen LogP contribution in [0, 0.1) is 0 Å². The second-order valence-electron chi connectivity index (χ2n) is 6.06. The lowest BCUT2D eigenvalue weighted by Crippen LogP contribution is -2.30. The lowest BCUT2D eigenvalue weighted by atomic mass is 10.2. The number of esters is 1. The van der Waals surface area contributed by atoms with Gasteiger partial charge in [0.25, 0.3) is 0 Å². The molecule has 2 rings (SSSR count). The van der Waals surface area contributed by atoms with Gasteiger partial charge in [0.05, 0.1) is 23.2 Å². The molecule has 1 N–H and O–H groups in total. The molecule has 0 aliphatic heterocycles. The number of imidazole rings is 1. The minimum absolute atomic E-state index is 0.0430. The number of amides is 1. The second kappa shape index (κ2) is 7.29. The number of ether oxygens (including phenoxy) is 1. The Hall–Kier alpha value is -2.63. The molecule has 0 fully saturated rings. The highest BCUT2D eigenvalue weighted by atomic mass is 16.5. The monoisotopic (exact) mass is 329 g/mol. The standard InChI is InChI=1S/C18H23N3O3/c1-11(2)18(23)19-13(5)17-20-14-8-6-7-9-15(14)21(17)10-16(22)24-12(3)4/h6-9,12-13H,1,10H2,2-5H3,(H,19,23). The minimum atomic E-state index is -0.367. The van der Waals surface area contributed by atoms with Gasteiger partial charge in [0.2, 0.25) is 5.91 Å². The summed E-state index contributed by atoms with van der Waals surface area (Å²) in [5.74, 6) is 0.0187. The van der Waals surface area contributed by atoms with E-state index in [1.807, 2.05) is 31.2 Å². The van der Waals surface area contributed by atoms with E-state index in [0.29, 0.717) is 11.4 Å². The molecule has 128 valence electrons. The Kier molecular flexibility index (Phi) is 5.39. The number of carbonyl (C=O) groups is 2. The Morgan fingerprint density at radius 2 is 1.96 bits per heavy atom. The van der Waals surface area contributed by atoms with Gasteiger partial charge in [0, 0.05) is 5.57 Å². The fraction of sp³-hybridized carbons (Fsp3) is 0.389. The van der Waals surface area contributed by atoms with E-state index >= 15 is 0 Å². The van der Waals surface area contributed by atoms with Crippen LogP contribution in [0.2, 0.25) is 0 Å². The first kappa shape index (κ1) is 17.7. The molecule has 1 heterocycles. The number of benzene rings is 1. The van der Waals surface area contributed by atoms with Crippen LogP contribution >= 0.6 is 0 Å². The number of carbonyl (C=O) groups excluding carboxylic acids is 2. The van der Waals surface area contributed by atoms with Crippen molar-refractivity contribution in [2.45, 2.75) is 46.4 Å². The van der Waals surface area contributed by atoms with Crippen LogP contribution < -0.4 is 5.32 Å². The number of fused-ring (bicyclic) bond motifs is 1. The van der Waals surface area contributed by atoms with Gasteiger partial charge in [0.15, 0.2) is 0 Å². The first-order chi connectivity index (χ1) is 11.3. The summed E-state index contributed by atoms with van der Waals surface area (Å²) in [6.45, 7) is 10.8. The molecule has 1 atom stereocenters. The van der Waals surface area contributed by atoms with Crippen molar-refractivity contribution < 1.29 is 14.3 Å². The van der Waals surface area contributed by atoms with E-state index in [1.54, 1.807) is 25.3 Å². The molecule has 1 unspecified atom stereocenters. The number of aromatic nitrogens is 2. The largest absolute Gasteiger partial charge is 0.462 e. The molecule has 2 aromatic rings. The molecule has 24 heavy (non-hydrogen) atoms. The summed E-state index contributed by atoms with van der Waals surface area (Å²) < 4.78 is 7.02. The Morgan fingerprint density at radius 1 is 1.29 bits per heavy atom. The van der Waals surface area contributed by atoms with Crippen LogP contribution in [0.15, 0.2) is 36.4 Å². The zero-order valence-corrected chi connectivity index (χ0v) is 14.5. The third-order valence-corrected chi connectivity index (χ3v) is 3.46. The van der Waals surface area contributed by atoms with Gasteiger partial charge in [-0.2, -0.15) is 0 Å². The summed E-state index contributed by atoms with van der Waals surface area (Å²) in [6, 6.07) is 7.16. The van der Waals surface area contributed by atoms with Gasteiger partial charge in [-0.3, -0.25) is 9.59 Å². The van der Waals surface area contributed by atoms with Gasteiger partial charge < -0.3 is 14.6 Å². The van der Waals surface area contributed by atoms with Crippen molar-refractivity contribution in [2.75, 3.05) is 0 Å². The molecule has 6 heteroatoms. The SMILES string of the molecule is C=C(C)C(=O)NC(C)c1nc2ccccc2n1CC(=O)OC(C)C. The maximum absolute atomic E-state index is 12.1. The average Bonchev–Trinajstić information content (AvgIpc) is 2.85. The molecule has 0 spiro atoms. The van der Waals surface area contributed by atoms with Crippen LogP contribution in [-0.2, 0) is 20.9 Å². The first-order valence-corrected chi connectivity index (χ1v) is 7.90. The molecule has 0 saturated carbocycles. The van der Waals surface area contributed by atoms with Gasteiger partial charge in [-0.25, -0.2) is 4.98 Å². The Bertz CT molecular complexity index is 777. The lowest BCUT2D eigenvalue weighted by Gasteiger charge is -2.16. The summed E-state index contributed by atoms with van der Waals surface area (Å²) in [4.78, 5) is 28.5. The molecular formula is C18H23N3O3. The predicted molar refractivity (Wildman–Crippen MR) is 92.3 cm³/mol. The number of nitrogens with one attached hydrogen (secondary N) is 1. The highest BCUT2D eigenvalue weighted by Crippen LogP contribution is 2.21. The van der Waals surface area contributed by atoms with E-state index in [0.717, 1.165) is 11.0 Å². The van der Waals surface area contributed by atoms with Crippen molar-refractivity contribution >= 4 is 22.9 Å². The van der Waals surface area contributed by atoms with Crippen LogP contribution in [0.3, 0.4) is 0 Å². The van der Waals surface area contributed by atoms with E-state index in [-0.39, 0.29) is 30.6 Å². The fourth-order valence-corrected chi connectivity index (χ4v) is 2.40. The number of rotatable bonds is 6. The molecule has 6 nitrogen and oxygen atoms in total. The smallest absolute Gasteiger partial charge is 0.326 e.